The zero-order chi connectivity index (χ0) is 23.3. The number of carbonyl (C=O) groups is 1. The van der Waals surface area contributed by atoms with Crippen LogP contribution in [0, 0.1) is 18.7 Å². The number of carboxylic acids is 1. The van der Waals surface area contributed by atoms with E-state index < -0.39 is 17.3 Å². The second kappa shape index (κ2) is 8.72. The summed E-state index contributed by atoms with van der Waals surface area (Å²) in [5, 5.41) is 12.9. The lowest BCUT2D eigenvalue weighted by atomic mass is 10.0. The zero-order valence-electron chi connectivity index (χ0n) is 19.4. The molecule has 2 aliphatic heterocycles. The van der Waals surface area contributed by atoms with Gasteiger partial charge in [0.2, 0.25) is 0 Å². The largest absolute Gasteiger partial charge is 0.477 e. The predicted octanol–water partition coefficient (Wildman–Crippen LogP) is 2.83. The first-order valence-electron chi connectivity index (χ1n) is 12.1. The number of pyridine rings is 2. The Morgan fingerprint density at radius 2 is 1.97 bits per heavy atom. The van der Waals surface area contributed by atoms with Crippen LogP contribution in [0.3, 0.4) is 0 Å². The number of rotatable bonds is 6. The number of anilines is 1. The van der Waals surface area contributed by atoms with Gasteiger partial charge >= 0.3 is 5.97 Å². The van der Waals surface area contributed by atoms with Crippen molar-refractivity contribution in [3.8, 4) is 0 Å². The minimum Gasteiger partial charge on any atom is -0.477 e. The van der Waals surface area contributed by atoms with E-state index in [1.807, 2.05) is 6.92 Å². The molecule has 5 rings (SSSR count). The fourth-order valence-corrected chi connectivity index (χ4v) is 5.88. The quantitative estimate of drug-likeness (QED) is 0.696. The molecule has 0 aromatic carbocycles. The van der Waals surface area contributed by atoms with E-state index in [0.717, 1.165) is 63.1 Å². The van der Waals surface area contributed by atoms with E-state index in [0.29, 0.717) is 23.2 Å². The molecule has 2 N–H and O–H groups in total. The fraction of sp³-hybridized carbons (Fsp3) is 0.600. The van der Waals surface area contributed by atoms with Gasteiger partial charge in [0.05, 0.1) is 17.4 Å². The molecule has 0 unspecified atom stereocenters. The molecule has 0 bridgehead atoms. The number of nitrogens with one attached hydrogen (secondary N) is 1. The molecule has 2 saturated heterocycles. The molecule has 1 saturated carbocycles. The molecule has 1 aliphatic carbocycles. The molecule has 178 valence electrons. The summed E-state index contributed by atoms with van der Waals surface area (Å²) >= 11 is 0. The highest BCUT2D eigenvalue weighted by Gasteiger charge is 2.33. The van der Waals surface area contributed by atoms with Crippen LogP contribution in [-0.2, 0) is 0 Å². The molecule has 2 aromatic heterocycles. The van der Waals surface area contributed by atoms with Crippen molar-refractivity contribution in [1.82, 2.24) is 14.6 Å². The summed E-state index contributed by atoms with van der Waals surface area (Å²) in [6.45, 7) is 6.59. The third-order valence-electron chi connectivity index (χ3n) is 7.77. The number of nitrogens with zero attached hydrogens (tertiary/aromatic N) is 3. The van der Waals surface area contributed by atoms with Gasteiger partial charge in [-0.3, -0.25) is 9.20 Å². The van der Waals surface area contributed by atoms with Crippen molar-refractivity contribution in [1.29, 1.82) is 0 Å². The number of aryl methyl sites for hydroxylation is 1. The number of piperidine rings is 1. The van der Waals surface area contributed by atoms with Crippen molar-refractivity contribution in [2.45, 2.75) is 51.0 Å². The van der Waals surface area contributed by atoms with Crippen LogP contribution in [0.4, 0.5) is 10.1 Å². The highest BCUT2D eigenvalue weighted by atomic mass is 19.1. The predicted molar refractivity (Wildman–Crippen MR) is 126 cm³/mol. The van der Waals surface area contributed by atoms with E-state index >= 15 is 4.39 Å². The minimum atomic E-state index is -1.27. The molecule has 3 fully saturated rings. The van der Waals surface area contributed by atoms with Crippen molar-refractivity contribution in [2.24, 2.45) is 5.92 Å². The monoisotopic (exact) mass is 456 g/mol. The van der Waals surface area contributed by atoms with Gasteiger partial charge in [-0.05, 0) is 88.2 Å². The summed E-state index contributed by atoms with van der Waals surface area (Å²) in [7, 11) is 2.20. The van der Waals surface area contributed by atoms with Gasteiger partial charge in [0.15, 0.2) is 5.82 Å². The van der Waals surface area contributed by atoms with Gasteiger partial charge in [0, 0.05) is 25.7 Å². The van der Waals surface area contributed by atoms with Crippen molar-refractivity contribution in [3.05, 3.63) is 45.1 Å². The maximum atomic E-state index is 15.4. The summed E-state index contributed by atoms with van der Waals surface area (Å²) in [6.07, 6.45) is 6.49. The molecule has 7 nitrogen and oxygen atoms in total. The minimum absolute atomic E-state index is 0.237. The summed E-state index contributed by atoms with van der Waals surface area (Å²) in [4.78, 5) is 29.0. The zero-order valence-corrected chi connectivity index (χ0v) is 19.4. The van der Waals surface area contributed by atoms with Crippen LogP contribution in [0.25, 0.3) is 5.52 Å². The van der Waals surface area contributed by atoms with E-state index in [-0.39, 0.29) is 11.5 Å². The average molecular weight is 457 g/mol. The number of hydrogen-bond acceptors (Lipinski definition) is 5. The van der Waals surface area contributed by atoms with Crippen LogP contribution >= 0.6 is 0 Å². The number of halogens is 1. The first-order valence-corrected chi connectivity index (χ1v) is 12.1. The van der Waals surface area contributed by atoms with Gasteiger partial charge in [0.25, 0.3) is 5.56 Å². The summed E-state index contributed by atoms with van der Waals surface area (Å²) in [5.74, 6) is -1.02. The van der Waals surface area contributed by atoms with Crippen LogP contribution in [0.5, 0.6) is 0 Å². The molecule has 33 heavy (non-hydrogen) atoms. The van der Waals surface area contributed by atoms with Crippen molar-refractivity contribution < 1.29 is 14.3 Å². The highest BCUT2D eigenvalue weighted by Crippen LogP contribution is 2.44. The average Bonchev–Trinajstić information content (AvgIpc) is 3.54. The van der Waals surface area contributed by atoms with Crippen molar-refractivity contribution in [3.63, 3.8) is 0 Å². The number of carboxylic acid groups (broad SMARTS) is 1. The first-order chi connectivity index (χ1) is 15.8. The van der Waals surface area contributed by atoms with Gasteiger partial charge < -0.3 is 20.2 Å². The Morgan fingerprint density at radius 1 is 1.24 bits per heavy atom. The standard InChI is InChI=1S/C25H33FN4O3/c1-15-22-19(17-3-4-17)11-20(25(32)33)24(31)30(22)14-21(26)23(15)29-10-7-16(13-29)12-28(2)18-5-8-27-9-6-18/h11,14,16-18,27H,3-10,12-13H2,1-2H3,(H,32,33)/t16-/m1/s1. The highest BCUT2D eigenvalue weighted by molar-refractivity contribution is 5.89. The Hall–Kier alpha value is -2.45. The van der Waals surface area contributed by atoms with Crippen LogP contribution in [-0.4, -0.2) is 66.2 Å². The molecule has 1 atom stereocenters. The normalized spacial score (nSPS) is 21.9. The molecule has 0 amide bonds. The summed E-state index contributed by atoms with van der Waals surface area (Å²) < 4.78 is 16.6. The molecule has 8 heteroatoms. The smallest absolute Gasteiger partial charge is 0.341 e. The molecule has 4 heterocycles. The van der Waals surface area contributed by atoms with Crippen molar-refractivity contribution in [2.75, 3.05) is 44.7 Å². The van der Waals surface area contributed by atoms with E-state index in [1.165, 1.54) is 29.5 Å². The molecule has 3 aliphatic rings. The SMILES string of the molecule is Cc1c(N2CC[C@H](CN(C)C3CCNCC3)C2)c(F)cn2c(=O)c(C(=O)O)cc(C3CC3)c12. The molecule has 0 spiro atoms. The van der Waals surface area contributed by atoms with E-state index in [4.69, 9.17) is 0 Å². The second-order valence-corrected chi connectivity index (χ2v) is 10.1. The Bertz CT molecular complexity index is 1140. The lowest BCUT2D eigenvalue weighted by molar-refractivity contribution is 0.0694. The summed E-state index contributed by atoms with van der Waals surface area (Å²) in [5.41, 5.74) is 1.87. The summed E-state index contributed by atoms with van der Waals surface area (Å²) in [6, 6.07) is 2.13. The van der Waals surface area contributed by atoms with Crippen LogP contribution in [0.2, 0.25) is 0 Å². The number of aromatic nitrogens is 1. The van der Waals surface area contributed by atoms with E-state index in [1.54, 1.807) is 0 Å². The molecule has 0 radical (unpaired) electrons. The Balaban J connectivity index is 1.45. The number of hydrogen-bond donors (Lipinski definition) is 2. The molecular formula is C25H33FN4O3. The Labute approximate surface area is 193 Å². The number of aromatic carboxylic acids is 1. The third kappa shape index (κ3) is 4.15. The first kappa shape index (κ1) is 22.3. The van der Waals surface area contributed by atoms with E-state index in [2.05, 4.69) is 22.2 Å². The fourth-order valence-electron chi connectivity index (χ4n) is 5.88. The third-order valence-corrected chi connectivity index (χ3v) is 7.77. The van der Waals surface area contributed by atoms with Crippen molar-refractivity contribution >= 4 is 17.2 Å². The Morgan fingerprint density at radius 3 is 2.64 bits per heavy atom. The van der Waals surface area contributed by atoms with Gasteiger partial charge in [-0.2, -0.15) is 0 Å². The lowest BCUT2D eigenvalue weighted by Crippen LogP contribution is -2.43. The van der Waals surface area contributed by atoms with Crippen LogP contribution < -0.4 is 15.8 Å². The maximum Gasteiger partial charge on any atom is 0.341 e. The van der Waals surface area contributed by atoms with Gasteiger partial charge in [0.1, 0.15) is 5.56 Å². The van der Waals surface area contributed by atoms with Crippen LogP contribution in [0.15, 0.2) is 17.1 Å². The van der Waals surface area contributed by atoms with Gasteiger partial charge in [-0.25, -0.2) is 9.18 Å². The number of fused-ring (bicyclic) bond motifs is 1. The Kier molecular flexibility index (Phi) is 5.91. The topological polar surface area (TPSA) is 77.3 Å². The lowest BCUT2D eigenvalue weighted by Gasteiger charge is -2.33. The van der Waals surface area contributed by atoms with Crippen LogP contribution in [0.1, 0.15) is 59.5 Å². The van der Waals surface area contributed by atoms with Gasteiger partial charge in [-0.15, -0.1) is 0 Å². The molecular weight excluding hydrogens is 423 g/mol. The maximum absolute atomic E-state index is 15.4. The second-order valence-electron chi connectivity index (χ2n) is 10.1. The van der Waals surface area contributed by atoms with Gasteiger partial charge in [-0.1, -0.05) is 0 Å². The van der Waals surface area contributed by atoms with E-state index in [9.17, 15) is 14.7 Å². The molecule has 2 aromatic rings.